The van der Waals surface area contributed by atoms with Crippen LogP contribution >= 0.6 is 24.0 Å². The maximum Gasteiger partial charge on any atom is 0.415 e. The van der Waals surface area contributed by atoms with Crippen molar-refractivity contribution in [2.24, 2.45) is 5.92 Å². The summed E-state index contributed by atoms with van der Waals surface area (Å²) in [7, 11) is 0. The minimum atomic E-state index is -0.385. The zero-order valence-corrected chi connectivity index (χ0v) is 19.4. The quantitative estimate of drug-likeness (QED) is 0.362. The van der Waals surface area contributed by atoms with Crippen LogP contribution in [0, 0.1) is 10.7 Å². The van der Waals surface area contributed by atoms with Crippen molar-refractivity contribution in [2.75, 3.05) is 18.8 Å². The van der Waals surface area contributed by atoms with Crippen molar-refractivity contribution < 1.29 is 14.6 Å². The molecule has 0 unspecified atom stereocenters. The first-order valence-electron chi connectivity index (χ1n) is 10.4. The highest BCUT2D eigenvalue weighted by molar-refractivity contribution is 7.99. The number of carbonyl (C=O) groups excluding carboxylic acids is 1. The van der Waals surface area contributed by atoms with Crippen LogP contribution in [0.4, 0.5) is 4.79 Å². The molecule has 3 aromatic rings. The van der Waals surface area contributed by atoms with Gasteiger partial charge in [-0.25, -0.2) is 19.3 Å². The number of ether oxygens (including phenoxy) is 1. The van der Waals surface area contributed by atoms with Gasteiger partial charge in [0.25, 0.3) is 0 Å². The number of aromatic nitrogens is 6. The normalized spacial score (nSPS) is 14.8. The predicted octanol–water partition coefficient (Wildman–Crippen LogP) is 3.88. The molecule has 3 aromatic heterocycles. The molecular weight excluding hydrogens is 450 g/mol. The highest BCUT2D eigenvalue weighted by atomic mass is 32.2. The van der Waals surface area contributed by atoms with Gasteiger partial charge in [-0.3, -0.25) is 5.10 Å². The Morgan fingerprint density at radius 3 is 2.72 bits per heavy atom. The van der Waals surface area contributed by atoms with Gasteiger partial charge in [0.15, 0.2) is 15.7 Å². The van der Waals surface area contributed by atoms with Crippen molar-refractivity contribution in [3.05, 3.63) is 35.1 Å². The average molecular weight is 476 g/mol. The number of nitrogens with zero attached hydrogens (tertiary/aromatic N) is 5. The van der Waals surface area contributed by atoms with E-state index in [1.165, 1.54) is 17.1 Å². The number of aromatic amines is 2. The molecule has 0 aliphatic carbocycles. The Hall–Kier alpha value is -2.86. The largest absolute Gasteiger partial charge is 0.493 e. The molecule has 1 fully saturated rings. The number of pyridine rings is 1. The van der Waals surface area contributed by atoms with Gasteiger partial charge < -0.3 is 19.7 Å². The summed E-state index contributed by atoms with van der Waals surface area (Å²) in [5, 5.41) is 18.0. The third kappa shape index (κ3) is 4.96. The van der Waals surface area contributed by atoms with Crippen LogP contribution in [0.1, 0.15) is 38.3 Å². The van der Waals surface area contributed by atoms with Crippen molar-refractivity contribution in [1.29, 1.82) is 0 Å². The summed E-state index contributed by atoms with van der Waals surface area (Å²) in [5.41, 5.74) is 0.648. The topological polar surface area (TPSA) is 125 Å². The number of nitrogens with one attached hydrogen (secondary N) is 2. The molecule has 0 saturated carbocycles. The van der Waals surface area contributed by atoms with Crippen molar-refractivity contribution >= 4 is 30.1 Å². The number of hydrogen-bond donors (Lipinski definition) is 3. The molecule has 1 saturated heterocycles. The molecule has 0 aromatic carbocycles. The molecule has 1 aliphatic rings. The minimum absolute atomic E-state index is 0.0339. The molecule has 0 bridgehead atoms. The molecule has 4 rings (SSSR count). The molecule has 0 atom stereocenters. The van der Waals surface area contributed by atoms with Gasteiger partial charge in [-0.1, -0.05) is 25.6 Å². The van der Waals surface area contributed by atoms with Gasteiger partial charge in [0.1, 0.15) is 12.1 Å². The Bertz CT molecular complexity index is 1100. The van der Waals surface area contributed by atoms with Gasteiger partial charge in [0, 0.05) is 18.8 Å². The monoisotopic (exact) mass is 475 g/mol. The van der Waals surface area contributed by atoms with E-state index in [1.807, 2.05) is 13.8 Å². The number of aromatic hydroxyl groups is 1. The number of imidazole rings is 1. The maximum absolute atomic E-state index is 12.5. The lowest BCUT2D eigenvalue weighted by atomic mass is 9.99. The van der Waals surface area contributed by atoms with Gasteiger partial charge in [-0.05, 0) is 49.0 Å². The molecule has 10 nitrogen and oxygen atoms in total. The average Bonchev–Trinajstić information content (AvgIpc) is 3.41. The van der Waals surface area contributed by atoms with Crippen LogP contribution in [0.25, 0.3) is 5.82 Å². The van der Waals surface area contributed by atoms with E-state index in [-0.39, 0.29) is 17.9 Å². The third-order valence-electron chi connectivity index (χ3n) is 5.35. The van der Waals surface area contributed by atoms with Crippen LogP contribution in [0.2, 0.25) is 0 Å². The van der Waals surface area contributed by atoms with E-state index in [4.69, 9.17) is 17.0 Å². The molecule has 32 heavy (non-hydrogen) atoms. The smallest absolute Gasteiger partial charge is 0.415 e. The van der Waals surface area contributed by atoms with Crippen molar-refractivity contribution in [2.45, 2.75) is 37.8 Å². The van der Waals surface area contributed by atoms with Crippen LogP contribution in [0.5, 0.6) is 11.6 Å². The zero-order chi connectivity index (χ0) is 22.7. The molecule has 1 aliphatic heterocycles. The summed E-state index contributed by atoms with van der Waals surface area (Å²) in [4.78, 5) is 25.7. The van der Waals surface area contributed by atoms with E-state index < -0.39 is 0 Å². The summed E-state index contributed by atoms with van der Waals surface area (Å²) in [6.07, 6.45) is 4.40. The first-order valence-corrected chi connectivity index (χ1v) is 11.8. The first kappa shape index (κ1) is 22.3. The Morgan fingerprint density at radius 1 is 1.34 bits per heavy atom. The number of hydrogen-bond acceptors (Lipinski definition) is 8. The molecule has 1 amide bonds. The molecule has 3 N–H and O–H groups in total. The Morgan fingerprint density at radius 2 is 2.12 bits per heavy atom. The number of H-pyrrole nitrogens is 2. The van der Waals surface area contributed by atoms with Crippen LogP contribution < -0.4 is 4.74 Å². The molecule has 0 radical (unpaired) electrons. The summed E-state index contributed by atoms with van der Waals surface area (Å²) >= 11 is 6.96. The standard InChI is InChI=1S/C20H25N7O3S2/c1-12(2)16-17(28)27(19(31)24-16)15-4-3-14(9-21-15)30-20(29)26-7-5-13(6-8-26)10-32-18-22-11-23-25-18/h3-4,9,11-13,28H,5-8,10H2,1-2H3,(H,24,31)(H,22,23,25). The van der Waals surface area contributed by atoms with Gasteiger partial charge in [0.05, 0.1) is 11.9 Å². The van der Waals surface area contributed by atoms with Crippen molar-refractivity contribution in [3.63, 3.8) is 0 Å². The summed E-state index contributed by atoms with van der Waals surface area (Å²) < 4.78 is 7.30. The third-order valence-corrected chi connectivity index (χ3v) is 6.74. The van der Waals surface area contributed by atoms with Crippen molar-refractivity contribution in [1.82, 2.24) is 34.6 Å². The van der Waals surface area contributed by atoms with Gasteiger partial charge in [-0.2, -0.15) is 5.10 Å². The Labute approximate surface area is 194 Å². The van der Waals surface area contributed by atoms with Crippen LogP contribution in [0.3, 0.4) is 0 Å². The number of piperidine rings is 1. The number of carbonyl (C=O) groups is 1. The number of rotatable bonds is 6. The van der Waals surface area contributed by atoms with Crippen molar-refractivity contribution in [3.8, 4) is 17.4 Å². The second-order valence-corrected chi connectivity index (χ2v) is 9.31. The Balaban J connectivity index is 1.31. The van der Waals surface area contributed by atoms with Gasteiger partial charge in [0.2, 0.25) is 5.88 Å². The lowest BCUT2D eigenvalue weighted by Gasteiger charge is -2.30. The fourth-order valence-electron chi connectivity index (χ4n) is 3.53. The highest BCUT2D eigenvalue weighted by Gasteiger charge is 2.24. The summed E-state index contributed by atoms with van der Waals surface area (Å²) in [6, 6.07) is 3.30. The van der Waals surface area contributed by atoms with E-state index >= 15 is 0 Å². The highest BCUT2D eigenvalue weighted by Crippen LogP contribution is 2.28. The minimum Gasteiger partial charge on any atom is -0.493 e. The second-order valence-electron chi connectivity index (χ2n) is 7.91. The summed E-state index contributed by atoms with van der Waals surface area (Å²) in [6.45, 7) is 5.21. The second kappa shape index (κ2) is 9.74. The SMILES string of the molecule is CC(C)c1[nH]c(=S)n(-c2ccc(OC(=O)N3CCC(CSc4ncn[nH]4)CC3)cn2)c1O. The van der Waals surface area contributed by atoms with E-state index in [0.29, 0.717) is 41.0 Å². The number of likely N-dealkylation sites (tertiary alicyclic amines) is 1. The van der Waals surface area contributed by atoms with Crippen LogP contribution in [-0.2, 0) is 0 Å². The lowest BCUT2D eigenvalue weighted by molar-refractivity contribution is 0.133. The molecule has 12 heteroatoms. The first-order chi connectivity index (χ1) is 15.4. The van der Waals surface area contributed by atoms with Crippen LogP contribution in [-0.4, -0.2) is 64.7 Å². The lowest BCUT2D eigenvalue weighted by Crippen LogP contribution is -2.40. The van der Waals surface area contributed by atoms with Crippen LogP contribution in [0.15, 0.2) is 29.8 Å². The van der Waals surface area contributed by atoms with Gasteiger partial charge in [-0.15, -0.1) is 0 Å². The molecule has 4 heterocycles. The van der Waals surface area contributed by atoms with E-state index in [9.17, 15) is 9.90 Å². The Kier molecular flexibility index (Phi) is 6.80. The summed E-state index contributed by atoms with van der Waals surface area (Å²) in [5.74, 6) is 2.36. The molecular formula is C20H25N7O3S2. The predicted molar refractivity (Wildman–Crippen MR) is 122 cm³/mol. The van der Waals surface area contributed by atoms with E-state index in [2.05, 4.69) is 25.1 Å². The van der Waals surface area contributed by atoms with E-state index in [1.54, 1.807) is 28.8 Å². The molecule has 170 valence electrons. The fourth-order valence-corrected chi connectivity index (χ4v) is 4.79. The van der Waals surface area contributed by atoms with E-state index in [0.717, 1.165) is 23.8 Å². The zero-order valence-electron chi connectivity index (χ0n) is 17.8. The number of thioether (sulfide) groups is 1. The molecule has 0 spiro atoms. The maximum atomic E-state index is 12.5. The fraction of sp³-hybridized carbons (Fsp3) is 0.450. The number of amides is 1. The van der Waals surface area contributed by atoms with Gasteiger partial charge >= 0.3 is 6.09 Å².